The molecule has 0 spiro atoms. The van der Waals surface area contributed by atoms with Crippen molar-refractivity contribution in [1.82, 2.24) is 5.32 Å². The van der Waals surface area contributed by atoms with Crippen molar-refractivity contribution in [2.75, 3.05) is 0 Å². The van der Waals surface area contributed by atoms with Crippen LogP contribution in [0.5, 0.6) is 0 Å². The number of alkyl halides is 2. The van der Waals surface area contributed by atoms with Gasteiger partial charge in [0.15, 0.2) is 0 Å². The minimum Gasteiger partial charge on any atom is -0.350 e. The number of benzene rings is 1. The van der Waals surface area contributed by atoms with Gasteiger partial charge in [-0.15, -0.1) is 0 Å². The highest BCUT2D eigenvalue weighted by Gasteiger charge is 2.11. The van der Waals surface area contributed by atoms with E-state index in [1.165, 1.54) is 24.3 Å². The number of halogens is 2. The van der Waals surface area contributed by atoms with Gasteiger partial charge in [-0.3, -0.25) is 4.79 Å². The second kappa shape index (κ2) is 4.87. The van der Waals surface area contributed by atoms with Gasteiger partial charge in [0.1, 0.15) is 0 Å². The van der Waals surface area contributed by atoms with Crippen molar-refractivity contribution in [3.05, 3.63) is 35.4 Å². The van der Waals surface area contributed by atoms with Crippen LogP contribution in [0.2, 0.25) is 0 Å². The molecule has 0 aliphatic carbocycles. The molecule has 1 aromatic rings. The highest BCUT2D eigenvalue weighted by atomic mass is 19.3. The second-order valence-electron chi connectivity index (χ2n) is 3.55. The van der Waals surface area contributed by atoms with E-state index < -0.39 is 6.43 Å². The van der Waals surface area contributed by atoms with Crippen molar-refractivity contribution < 1.29 is 13.6 Å². The van der Waals surface area contributed by atoms with Gasteiger partial charge >= 0.3 is 0 Å². The van der Waals surface area contributed by atoms with Crippen molar-refractivity contribution in [2.24, 2.45) is 0 Å². The van der Waals surface area contributed by atoms with E-state index in [1.807, 2.05) is 13.8 Å². The Balaban J connectivity index is 2.85. The normalized spacial score (nSPS) is 10.8. The summed E-state index contributed by atoms with van der Waals surface area (Å²) in [5.74, 6) is -0.326. The van der Waals surface area contributed by atoms with Crippen molar-refractivity contribution in [3.8, 4) is 0 Å². The summed E-state index contributed by atoms with van der Waals surface area (Å²) in [6.45, 7) is 3.63. The van der Waals surface area contributed by atoms with Crippen LogP contribution < -0.4 is 5.32 Å². The lowest BCUT2D eigenvalue weighted by molar-refractivity contribution is 0.0942. The van der Waals surface area contributed by atoms with Gasteiger partial charge in [-0.05, 0) is 26.0 Å². The third-order valence-corrected chi connectivity index (χ3v) is 1.82. The first-order valence-corrected chi connectivity index (χ1v) is 4.69. The maximum absolute atomic E-state index is 12.3. The molecule has 15 heavy (non-hydrogen) atoms. The Morgan fingerprint density at radius 1 is 1.33 bits per heavy atom. The molecule has 0 unspecified atom stereocenters. The van der Waals surface area contributed by atoms with E-state index in [9.17, 15) is 13.6 Å². The molecule has 1 rings (SSSR count). The van der Waals surface area contributed by atoms with Gasteiger partial charge in [0.25, 0.3) is 12.3 Å². The van der Waals surface area contributed by atoms with Gasteiger partial charge in [-0.25, -0.2) is 8.78 Å². The van der Waals surface area contributed by atoms with Crippen LogP contribution >= 0.6 is 0 Å². The average Bonchev–Trinajstić information content (AvgIpc) is 2.17. The SMILES string of the molecule is CC(C)NC(=O)c1cccc(C(F)F)c1. The fourth-order valence-corrected chi connectivity index (χ4v) is 1.16. The Hall–Kier alpha value is -1.45. The number of rotatable bonds is 3. The van der Waals surface area contributed by atoms with Crippen LogP contribution in [0.15, 0.2) is 24.3 Å². The molecule has 0 fully saturated rings. The molecule has 2 nitrogen and oxygen atoms in total. The van der Waals surface area contributed by atoms with E-state index in [1.54, 1.807) is 0 Å². The van der Waals surface area contributed by atoms with E-state index in [2.05, 4.69) is 5.32 Å². The third kappa shape index (κ3) is 3.31. The van der Waals surface area contributed by atoms with Gasteiger partial charge in [0.05, 0.1) is 0 Å². The van der Waals surface area contributed by atoms with Gasteiger partial charge in [0, 0.05) is 17.2 Å². The summed E-state index contributed by atoms with van der Waals surface area (Å²) in [5, 5.41) is 2.64. The number of nitrogens with one attached hydrogen (secondary N) is 1. The van der Waals surface area contributed by atoms with Crippen molar-refractivity contribution in [2.45, 2.75) is 26.3 Å². The van der Waals surface area contributed by atoms with Gasteiger partial charge in [0.2, 0.25) is 0 Å². The molecule has 1 amide bonds. The summed E-state index contributed by atoms with van der Waals surface area (Å²) in [5.41, 5.74) is 0.132. The van der Waals surface area contributed by atoms with E-state index in [4.69, 9.17) is 0 Å². The standard InChI is InChI=1S/C11H13F2NO/c1-7(2)14-11(15)9-5-3-4-8(6-9)10(12)13/h3-7,10H,1-2H3,(H,14,15). The van der Waals surface area contributed by atoms with E-state index in [0.29, 0.717) is 0 Å². The molecule has 0 aliphatic rings. The molecular formula is C11H13F2NO. The fourth-order valence-electron chi connectivity index (χ4n) is 1.16. The Kier molecular flexibility index (Phi) is 3.77. The average molecular weight is 213 g/mol. The van der Waals surface area contributed by atoms with Crippen molar-refractivity contribution >= 4 is 5.91 Å². The quantitative estimate of drug-likeness (QED) is 0.821. The molecule has 0 saturated heterocycles. The fraction of sp³-hybridized carbons (Fsp3) is 0.364. The predicted octanol–water partition coefficient (Wildman–Crippen LogP) is 2.76. The van der Waals surface area contributed by atoms with Crippen molar-refractivity contribution in [3.63, 3.8) is 0 Å². The molecular weight excluding hydrogens is 200 g/mol. The summed E-state index contributed by atoms with van der Waals surface area (Å²) in [6.07, 6.45) is -2.54. The Bertz CT molecular complexity index is 350. The predicted molar refractivity (Wildman–Crippen MR) is 54.0 cm³/mol. The smallest absolute Gasteiger partial charge is 0.263 e. The minimum atomic E-state index is -2.54. The third-order valence-electron chi connectivity index (χ3n) is 1.82. The van der Waals surface area contributed by atoms with Crippen LogP contribution in [0.4, 0.5) is 8.78 Å². The van der Waals surface area contributed by atoms with Crippen LogP contribution in [0.3, 0.4) is 0 Å². The number of hydrogen-bond donors (Lipinski definition) is 1. The summed E-state index contributed by atoms with van der Waals surface area (Å²) in [4.78, 5) is 11.5. The minimum absolute atomic E-state index is 0.00675. The number of amides is 1. The van der Waals surface area contributed by atoms with Gasteiger partial charge in [-0.2, -0.15) is 0 Å². The largest absolute Gasteiger partial charge is 0.350 e. The maximum Gasteiger partial charge on any atom is 0.263 e. The van der Waals surface area contributed by atoms with Crippen LogP contribution in [-0.4, -0.2) is 11.9 Å². The molecule has 0 heterocycles. The van der Waals surface area contributed by atoms with E-state index >= 15 is 0 Å². The van der Waals surface area contributed by atoms with E-state index in [-0.39, 0.29) is 23.1 Å². The summed E-state index contributed by atoms with van der Waals surface area (Å²) >= 11 is 0. The lowest BCUT2D eigenvalue weighted by atomic mass is 10.1. The molecule has 0 saturated carbocycles. The molecule has 0 bridgehead atoms. The molecule has 0 aliphatic heterocycles. The second-order valence-corrected chi connectivity index (χ2v) is 3.55. The first-order valence-electron chi connectivity index (χ1n) is 4.69. The first kappa shape index (κ1) is 11.6. The zero-order chi connectivity index (χ0) is 11.4. The number of hydrogen-bond acceptors (Lipinski definition) is 1. The summed E-state index contributed by atoms with van der Waals surface area (Å²) in [7, 11) is 0. The summed E-state index contributed by atoms with van der Waals surface area (Å²) in [6, 6.07) is 5.48. The van der Waals surface area contributed by atoms with Crippen molar-refractivity contribution in [1.29, 1.82) is 0 Å². The molecule has 4 heteroatoms. The zero-order valence-corrected chi connectivity index (χ0v) is 8.63. The molecule has 0 aromatic heterocycles. The van der Waals surface area contributed by atoms with Crippen LogP contribution in [-0.2, 0) is 0 Å². The molecule has 82 valence electrons. The van der Waals surface area contributed by atoms with Gasteiger partial charge < -0.3 is 5.32 Å². The summed E-state index contributed by atoms with van der Waals surface area (Å²) < 4.78 is 24.7. The number of carbonyl (C=O) groups excluding carboxylic acids is 1. The Morgan fingerprint density at radius 2 is 2.00 bits per heavy atom. The molecule has 0 radical (unpaired) electrons. The van der Waals surface area contributed by atoms with E-state index in [0.717, 1.165) is 0 Å². The number of carbonyl (C=O) groups is 1. The molecule has 1 N–H and O–H groups in total. The monoisotopic (exact) mass is 213 g/mol. The van der Waals surface area contributed by atoms with Crippen LogP contribution in [0, 0.1) is 0 Å². The van der Waals surface area contributed by atoms with Crippen LogP contribution in [0.25, 0.3) is 0 Å². The molecule has 0 atom stereocenters. The zero-order valence-electron chi connectivity index (χ0n) is 8.63. The highest BCUT2D eigenvalue weighted by Crippen LogP contribution is 2.19. The maximum atomic E-state index is 12.3. The Morgan fingerprint density at radius 3 is 2.53 bits per heavy atom. The highest BCUT2D eigenvalue weighted by molar-refractivity contribution is 5.94. The lowest BCUT2D eigenvalue weighted by Crippen LogP contribution is -2.30. The Labute approximate surface area is 87.3 Å². The van der Waals surface area contributed by atoms with Crippen LogP contribution in [0.1, 0.15) is 36.2 Å². The topological polar surface area (TPSA) is 29.1 Å². The van der Waals surface area contributed by atoms with Gasteiger partial charge in [-0.1, -0.05) is 12.1 Å². The first-order chi connectivity index (χ1) is 7.00. The lowest BCUT2D eigenvalue weighted by Gasteiger charge is -2.09. The molecule has 1 aromatic carbocycles.